The fourth-order valence-corrected chi connectivity index (χ4v) is 4.51. The van der Waals surface area contributed by atoms with Gasteiger partial charge in [-0.1, -0.05) is 49.8 Å². The van der Waals surface area contributed by atoms with E-state index in [0.717, 1.165) is 15.9 Å². The summed E-state index contributed by atoms with van der Waals surface area (Å²) >= 11 is 2.95. The first-order valence-corrected chi connectivity index (χ1v) is 9.19. The summed E-state index contributed by atoms with van der Waals surface area (Å²) in [4.78, 5) is 12.4. The topological polar surface area (TPSA) is 66.9 Å². The molecule has 1 aliphatic rings. The Hall–Kier alpha value is -0.820. The monoisotopic (exact) mass is 328 g/mol. The van der Waals surface area contributed by atoms with Gasteiger partial charge in [-0.15, -0.1) is 10.2 Å². The van der Waals surface area contributed by atoms with E-state index in [9.17, 15) is 4.79 Å². The smallest absolute Gasteiger partial charge is 0.233 e. The molecule has 0 unspecified atom stereocenters. The molecule has 21 heavy (non-hydrogen) atoms. The molecule has 1 amide bonds. The first-order chi connectivity index (χ1) is 10.0. The van der Waals surface area contributed by atoms with Crippen molar-refractivity contribution in [3.63, 3.8) is 0 Å². The number of hydrogen-bond acceptors (Lipinski definition) is 6. The van der Waals surface area contributed by atoms with E-state index in [-0.39, 0.29) is 11.2 Å². The van der Waals surface area contributed by atoms with E-state index in [4.69, 9.17) is 0 Å². The molecule has 0 aromatic carbocycles. The Morgan fingerprint density at radius 2 is 2.14 bits per heavy atom. The highest BCUT2D eigenvalue weighted by molar-refractivity contribution is 8.02. The summed E-state index contributed by atoms with van der Waals surface area (Å²) in [5.41, 5.74) is 0. The zero-order chi connectivity index (χ0) is 15.4. The Morgan fingerprint density at radius 1 is 1.38 bits per heavy atom. The molecule has 5 nitrogen and oxygen atoms in total. The minimum Gasteiger partial charge on any atom is -0.363 e. The van der Waals surface area contributed by atoms with E-state index in [2.05, 4.69) is 34.7 Å². The fourth-order valence-electron chi connectivity index (χ4n) is 2.65. The predicted molar refractivity (Wildman–Crippen MR) is 88.9 cm³/mol. The third-order valence-electron chi connectivity index (χ3n) is 4.30. The normalized spacial score (nSPS) is 27.1. The summed E-state index contributed by atoms with van der Waals surface area (Å²) in [5, 5.41) is 14.9. The molecule has 2 rings (SSSR count). The van der Waals surface area contributed by atoms with Gasteiger partial charge in [0, 0.05) is 13.1 Å². The summed E-state index contributed by atoms with van der Waals surface area (Å²) in [6, 6.07) is 0.312. The molecule has 0 aliphatic heterocycles. The molecular weight excluding hydrogens is 304 g/mol. The highest BCUT2D eigenvalue weighted by Gasteiger charge is 2.29. The van der Waals surface area contributed by atoms with Gasteiger partial charge in [-0.05, 0) is 25.2 Å². The van der Waals surface area contributed by atoms with Gasteiger partial charge in [-0.3, -0.25) is 4.79 Å². The number of anilines is 1. The average Bonchev–Trinajstić information content (AvgIpc) is 2.91. The van der Waals surface area contributed by atoms with E-state index < -0.39 is 0 Å². The quantitative estimate of drug-likeness (QED) is 0.813. The lowest BCUT2D eigenvalue weighted by Crippen LogP contribution is -2.46. The SMILES string of the molecule is CNc1nnc(S[C@H](C)C(=O)N[C@@H]2CCC[C@H](C)[C@H]2C)s1. The summed E-state index contributed by atoms with van der Waals surface area (Å²) in [7, 11) is 1.82. The largest absolute Gasteiger partial charge is 0.363 e. The van der Waals surface area contributed by atoms with Crippen molar-refractivity contribution < 1.29 is 4.79 Å². The van der Waals surface area contributed by atoms with Crippen LogP contribution in [0.4, 0.5) is 5.13 Å². The lowest BCUT2D eigenvalue weighted by Gasteiger charge is -2.35. The molecule has 2 N–H and O–H groups in total. The van der Waals surface area contributed by atoms with Crippen LogP contribution in [-0.2, 0) is 4.79 Å². The number of carbonyl (C=O) groups is 1. The van der Waals surface area contributed by atoms with Crippen molar-refractivity contribution in [3.8, 4) is 0 Å². The molecule has 1 aromatic heterocycles. The molecule has 0 spiro atoms. The maximum Gasteiger partial charge on any atom is 0.233 e. The number of rotatable bonds is 5. The minimum atomic E-state index is -0.146. The molecule has 1 saturated carbocycles. The number of aromatic nitrogens is 2. The highest BCUT2D eigenvalue weighted by atomic mass is 32.2. The maximum atomic E-state index is 12.4. The summed E-state index contributed by atoms with van der Waals surface area (Å²) in [6.45, 7) is 6.45. The third-order valence-corrected chi connectivity index (χ3v) is 6.43. The molecule has 118 valence electrons. The van der Waals surface area contributed by atoms with Gasteiger partial charge in [0.1, 0.15) is 0 Å². The van der Waals surface area contributed by atoms with Gasteiger partial charge in [0.15, 0.2) is 4.34 Å². The molecule has 0 saturated heterocycles. The second-order valence-corrected chi connectivity index (χ2v) is 8.33. The van der Waals surface area contributed by atoms with E-state index in [1.165, 1.54) is 35.9 Å². The zero-order valence-corrected chi connectivity index (χ0v) is 14.7. The summed E-state index contributed by atoms with van der Waals surface area (Å²) in [6.07, 6.45) is 3.58. The standard InChI is InChI=1S/C14H24N4OS2/c1-8-6-5-7-11(9(8)2)16-12(19)10(3)20-14-18-17-13(15-4)21-14/h8-11H,5-7H2,1-4H3,(H,15,17)(H,16,19)/t8-,9+,10+,11+/m0/s1. The highest BCUT2D eigenvalue weighted by Crippen LogP contribution is 2.31. The molecule has 1 fully saturated rings. The number of hydrogen-bond donors (Lipinski definition) is 2. The van der Waals surface area contributed by atoms with Crippen LogP contribution < -0.4 is 10.6 Å². The van der Waals surface area contributed by atoms with Crippen LogP contribution in [0.5, 0.6) is 0 Å². The lowest BCUT2D eigenvalue weighted by atomic mass is 9.78. The molecule has 1 aromatic rings. The van der Waals surface area contributed by atoms with Gasteiger partial charge in [-0.25, -0.2) is 0 Å². The van der Waals surface area contributed by atoms with Crippen LogP contribution in [0.15, 0.2) is 4.34 Å². The van der Waals surface area contributed by atoms with E-state index in [0.29, 0.717) is 17.9 Å². The van der Waals surface area contributed by atoms with Crippen molar-refractivity contribution >= 4 is 34.1 Å². The van der Waals surface area contributed by atoms with Crippen molar-refractivity contribution in [2.45, 2.75) is 55.7 Å². The first kappa shape index (κ1) is 16.5. The van der Waals surface area contributed by atoms with E-state index >= 15 is 0 Å². The van der Waals surface area contributed by atoms with Crippen LogP contribution in [0.3, 0.4) is 0 Å². The van der Waals surface area contributed by atoms with Crippen LogP contribution in [0.2, 0.25) is 0 Å². The molecule has 4 atom stereocenters. The number of nitrogens with one attached hydrogen (secondary N) is 2. The van der Waals surface area contributed by atoms with E-state index in [1.54, 1.807) is 0 Å². The molecular formula is C14H24N4OS2. The number of amides is 1. The van der Waals surface area contributed by atoms with Crippen molar-refractivity contribution in [1.82, 2.24) is 15.5 Å². The van der Waals surface area contributed by atoms with Crippen LogP contribution >= 0.6 is 23.1 Å². The van der Waals surface area contributed by atoms with Crippen LogP contribution in [0.25, 0.3) is 0 Å². The number of carbonyl (C=O) groups excluding carboxylic acids is 1. The van der Waals surface area contributed by atoms with Crippen molar-refractivity contribution in [3.05, 3.63) is 0 Å². The van der Waals surface area contributed by atoms with Crippen LogP contribution in [-0.4, -0.2) is 34.4 Å². The summed E-state index contributed by atoms with van der Waals surface area (Å²) < 4.78 is 0.826. The molecule has 7 heteroatoms. The van der Waals surface area contributed by atoms with Crippen LogP contribution in [0, 0.1) is 11.8 Å². The second-order valence-electron chi connectivity index (χ2n) is 5.77. The van der Waals surface area contributed by atoms with Crippen molar-refractivity contribution in [2.75, 3.05) is 12.4 Å². The molecule has 0 bridgehead atoms. The Balaban J connectivity index is 1.87. The second kappa shape index (κ2) is 7.45. The predicted octanol–water partition coefficient (Wildman–Crippen LogP) is 3.00. The minimum absolute atomic E-state index is 0.104. The Bertz CT molecular complexity index is 479. The van der Waals surface area contributed by atoms with Gasteiger partial charge in [0.25, 0.3) is 0 Å². The molecule has 0 radical (unpaired) electrons. The van der Waals surface area contributed by atoms with E-state index in [1.807, 2.05) is 14.0 Å². The van der Waals surface area contributed by atoms with Crippen LogP contribution in [0.1, 0.15) is 40.0 Å². The maximum absolute atomic E-state index is 12.4. The van der Waals surface area contributed by atoms with Gasteiger partial charge in [0.05, 0.1) is 5.25 Å². The Kier molecular flexibility index (Phi) is 5.87. The number of thioether (sulfide) groups is 1. The van der Waals surface area contributed by atoms with Gasteiger partial charge < -0.3 is 10.6 Å². The van der Waals surface area contributed by atoms with Gasteiger partial charge in [0.2, 0.25) is 11.0 Å². The van der Waals surface area contributed by atoms with Crippen molar-refractivity contribution in [2.24, 2.45) is 11.8 Å². The summed E-state index contributed by atoms with van der Waals surface area (Å²) in [5.74, 6) is 1.35. The lowest BCUT2D eigenvalue weighted by molar-refractivity contribution is -0.121. The third kappa shape index (κ3) is 4.32. The zero-order valence-electron chi connectivity index (χ0n) is 13.0. The molecule has 1 aliphatic carbocycles. The average molecular weight is 329 g/mol. The van der Waals surface area contributed by atoms with Gasteiger partial charge >= 0.3 is 0 Å². The van der Waals surface area contributed by atoms with Gasteiger partial charge in [-0.2, -0.15) is 0 Å². The fraction of sp³-hybridized carbons (Fsp3) is 0.786. The van der Waals surface area contributed by atoms with Crippen molar-refractivity contribution in [1.29, 1.82) is 0 Å². The Morgan fingerprint density at radius 3 is 2.81 bits per heavy atom. The molecule has 1 heterocycles. The first-order valence-electron chi connectivity index (χ1n) is 7.49. The Labute approximate surface area is 134 Å². The number of nitrogens with zero attached hydrogens (tertiary/aromatic N) is 2.